The van der Waals surface area contributed by atoms with Crippen LogP contribution in [0.1, 0.15) is 46.5 Å². The lowest BCUT2D eigenvalue weighted by Crippen LogP contribution is -2.56. The van der Waals surface area contributed by atoms with Crippen molar-refractivity contribution in [3.05, 3.63) is 100 Å². The number of aromatic amines is 2. The number of aromatic nitrogens is 3. The first-order valence-corrected chi connectivity index (χ1v) is 18.9. The number of fused-ring (bicyclic) bond motifs is 4. The highest BCUT2D eigenvalue weighted by Gasteiger charge is 2.31. The third-order valence-corrected chi connectivity index (χ3v) is 10.4. The molecule has 0 radical (unpaired) electrons. The van der Waals surface area contributed by atoms with E-state index in [1.807, 2.05) is 48.5 Å². The molecule has 0 spiro atoms. The van der Waals surface area contributed by atoms with E-state index in [-0.39, 0.29) is 24.2 Å². The molecule has 8 N–H and O–H groups in total. The summed E-state index contributed by atoms with van der Waals surface area (Å²) >= 11 is 1.12. The van der Waals surface area contributed by atoms with Crippen molar-refractivity contribution >= 4 is 74.5 Å². The van der Waals surface area contributed by atoms with Crippen molar-refractivity contribution in [3.8, 4) is 0 Å². The van der Waals surface area contributed by atoms with Gasteiger partial charge in [-0.05, 0) is 37.1 Å². The lowest BCUT2D eigenvalue weighted by atomic mass is 10.0. The van der Waals surface area contributed by atoms with E-state index >= 15 is 0 Å². The predicted molar refractivity (Wildman–Crippen MR) is 211 cm³/mol. The van der Waals surface area contributed by atoms with Crippen LogP contribution in [0.15, 0.2) is 78.6 Å². The molecule has 1 aliphatic rings. The number of amides is 7. The van der Waals surface area contributed by atoms with Crippen LogP contribution in [-0.2, 0) is 41.6 Å². The average Bonchev–Trinajstić information content (AvgIpc) is 3.95. The molecule has 4 atom stereocenters. The summed E-state index contributed by atoms with van der Waals surface area (Å²) in [5.74, 6) is -4.83. The maximum atomic E-state index is 14.3. The van der Waals surface area contributed by atoms with Crippen LogP contribution in [0.2, 0.25) is 0 Å². The minimum atomic E-state index is -1.22. The average molecular weight is 795 g/mol. The van der Waals surface area contributed by atoms with Crippen LogP contribution >= 0.6 is 11.3 Å². The molecule has 0 saturated carbocycles. The first kappa shape index (κ1) is 39.9. The lowest BCUT2D eigenvalue weighted by molar-refractivity contribution is -0.133. The second-order valence-electron chi connectivity index (χ2n) is 13.7. The smallest absolute Gasteiger partial charge is 0.271 e. The van der Waals surface area contributed by atoms with Crippen LogP contribution in [-0.4, -0.2) is 99.5 Å². The Morgan fingerprint density at radius 1 is 0.737 bits per heavy atom. The fraction of sp³-hybridized carbons (Fsp3) is 0.282. The molecular weight excluding hydrogens is 753 g/mol. The fourth-order valence-corrected chi connectivity index (χ4v) is 7.19. The van der Waals surface area contributed by atoms with Gasteiger partial charge < -0.3 is 46.8 Å². The van der Waals surface area contributed by atoms with E-state index in [4.69, 9.17) is 0 Å². The van der Waals surface area contributed by atoms with Gasteiger partial charge in [0.15, 0.2) is 0 Å². The highest BCUT2D eigenvalue weighted by atomic mass is 32.1. The van der Waals surface area contributed by atoms with Crippen LogP contribution in [0.3, 0.4) is 0 Å². The molecule has 17 nitrogen and oxygen atoms in total. The third-order valence-electron chi connectivity index (χ3n) is 9.41. The Bertz CT molecular complexity index is 2380. The van der Waals surface area contributed by atoms with Crippen LogP contribution in [0, 0.1) is 0 Å². The highest BCUT2D eigenvalue weighted by molar-refractivity contribution is 7.09. The van der Waals surface area contributed by atoms with E-state index in [9.17, 15) is 33.6 Å². The monoisotopic (exact) mass is 794 g/mol. The van der Waals surface area contributed by atoms with Gasteiger partial charge in [-0.1, -0.05) is 43.0 Å². The molecular formula is C39H42N10O7S. The first-order chi connectivity index (χ1) is 27.3. The van der Waals surface area contributed by atoms with Gasteiger partial charge in [-0.3, -0.25) is 33.6 Å². The number of thiazole rings is 1. The second-order valence-corrected chi connectivity index (χ2v) is 14.6. The van der Waals surface area contributed by atoms with Gasteiger partial charge in [0.1, 0.15) is 28.8 Å². The summed E-state index contributed by atoms with van der Waals surface area (Å²) in [5.41, 5.74) is 2.74. The molecule has 5 aromatic rings. The van der Waals surface area contributed by atoms with Crippen LogP contribution < -0.4 is 31.9 Å². The number of benzene rings is 2. The highest BCUT2D eigenvalue weighted by Crippen LogP contribution is 2.22. The van der Waals surface area contributed by atoms with E-state index in [2.05, 4.69) is 53.4 Å². The number of carbonyl (C=O) groups is 7. The van der Waals surface area contributed by atoms with Gasteiger partial charge in [0.2, 0.25) is 29.5 Å². The van der Waals surface area contributed by atoms with Crippen molar-refractivity contribution in [2.45, 2.75) is 50.9 Å². The van der Waals surface area contributed by atoms with Crippen LogP contribution in [0.25, 0.3) is 21.8 Å². The number of rotatable bonds is 4. The topological polar surface area (TPSA) is 239 Å². The Kier molecular flexibility index (Phi) is 12.1. The van der Waals surface area contributed by atoms with Crippen molar-refractivity contribution < 1.29 is 33.6 Å². The summed E-state index contributed by atoms with van der Waals surface area (Å²) in [6.07, 6.45) is 3.53. The Morgan fingerprint density at radius 3 is 1.95 bits per heavy atom. The maximum absolute atomic E-state index is 14.3. The molecule has 0 unspecified atom stereocenters. The van der Waals surface area contributed by atoms with Gasteiger partial charge in [-0.25, -0.2) is 4.98 Å². The lowest BCUT2D eigenvalue weighted by Gasteiger charge is -2.23. The molecule has 3 aromatic heterocycles. The number of likely N-dealkylation sites (N-methyl/N-ethyl adjacent to an activating group) is 1. The van der Waals surface area contributed by atoms with Crippen molar-refractivity contribution in [1.82, 2.24) is 51.8 Å². The van der Waals surface area contributed by atoms with Gasteiger partial charge >= 0.3 is 0 Å². The predicted octanol–water partition coefficient (Wildman–Crippen LogP) is 1.07. The van der Waals surface area contributed by atoms with Gasteiger partial charge in [0, 0.05) is 59.5 Å². The summed E-state index contributed by atoms with van der Waals surface area (Å²) in [6.45, 7) is 5.68. The Balaban J connectivity index is 1.32. The summed E-state index contributed by atoms with van der Waals surface area (Å²) < 4.78 is 0. The molecule has 2 bridgehead atoms. The molecule has 296 valence electrons. The summed E-state index contributed by atoms with van der Waals surface area (Å²) in [7, 11) is 1.35. The number of para-hydroxylation sites is 2. The van der Waals surface area contributed by atoms with Gasteiger partial charge in [-0.2, -0.15) is 0 Å². The zero-order valence-corrected chi connectivity index (χ0v) is 32.2. The quantitative estimate of drug-likeness (QED) is 0.122. The number of hydrogen-bond acceptors (Lipinski definition) is 9. The number of hydrogen-bond donors (Lipinski definition) is 8. The molecule has 4 heterocycles. The molecule has 18 heteroatoms. The SMILES string of the molecule is C=C1NC(=O)[C@H](C)NC(=O)CNC(=O)[C@@H](Cc2c[nH]c3ccccc23)NC(=O)[C@@H](Cc2c[nH]c3ccccc23)NC(=O)c2csc(n2)[C@@H](C)NC(=O)CN(C)C1=O. The van der Waals surface area contributed by atoms with E-state index in [1.54, 1.807) is 19.3 Å². The largest absolute Gasteiger partial charge is 0.361 e. The zero-order chi connectivity index (χ0) is 40.8. The Hall–Kier alpha value is -6.82. The number of H-pyrrole nitrogens is 2. The molecule has 0 saturated heterocycles. The van der Waals surface area contributed by atoms with Crippen molar-refractivity contribution in [1.29, 1.82) is 0 Å². The minimum absolute atomic E-state index is 0.00468. The maximum Gasteiger partial charge on any atom is 0.271 e. The molecule has 57 heavy (non-hydrogen) atoms. The fourth-order valence-electron chi connectivity index (χ4n) is 6.38. The van der Waals surface area contributed by atoms with Gasteiger partial charge in [-0.15, -0.1) is 11.3 Å². The van der Waals surface area contributed by atoms with Crippen LogP contribution in [0.4, 0.5) is 0 Å². The molecule has 0 aliphatic carbocycles. The molecule has 0 fully saturated rings. The standard InChI is InChI=1S/C39H42N10O7S/c1-20-34(52)45-22(3)39(56)49(4)18-33(51)44-21(2)38-48-31(19-57-38)37(55)47-30(14-24-16-41-28-12-8-6-10-26(24)28)36(54)46-29(35(53)42-17-32(50)43-20)13-23-15-40-27-11-7-5-9-25(23)27/h5-12,15-16,19-21,29-30,40-41H,3,13-14,17-18H2,1-2,4H3,(H,42,53)(H,43,50)(H,44,51)(H,45,52)(H,46,54)(H,47,55)/t20-,21+,29+,30+/m0/s1. The minimum Gasteiger partial charge on any atom is -0.361 e. The van der Waals surface area contributed by atoms with E-state index in [0.29, 0.717) is 10.6 Å². The zero-order valence-electron chi connectivity index (χ0n) is 31.4. The summed E-state index contributed by atoms with van der Waals surface area (Å²) in [5, 5.41) is 19.2. The van der Waals surface area contributed by atoms with Crippen molar-refractivity contribution in [2.24, 2.45) is 0 Å². The third kappa shape index (κ3) is 9.53. The van der Waals surface area contributed by atoms with Crippen molar-refractivity contribution in [3.63, 3.8) is 0 Å². The van der Waals surface area contributed by atoms with E-state index in [1.165, 1.54) is 19.4 Å². The molecule has 7 amide bonds. The van der Waals surface area contributed by atoms with Gasteiger partial charge in [0.25, 0.3) is 11.8 Å². The molecule has 1 aliphatic heterocycles. The number of nitrogens with one attached hydrogen (secondary N) is 8. The van der Waals surface area contributed by atoms with Crippen molar-refractivity contribution in [2.75, 3.05) is 20.1 Å². The van der Waals surface area contributed by atoms with Gasteiger partial charge in [0.05, 0.1) is 24.8 Å². The summed E-state index contributed by atoms with van der Waals surface area (Å²) in [6, 6.07) is 10.7. The number of nitrogens with zero attached hydrogens (tertiary/aromatic N) is 2. The molecule has 2 aromatic carbocycles. The Labute approximate surface area is 330 Å². The molecule has 6 rings (SSSR count). The number of carbonyl (C=O) groups excluding carboxylic acids is 7. The normalized spacial score (nSPS) is 21.3. The van der Waals surface area contributed by atoms with Crippen LogP contribution in [0.5, 0.6) is 0 Å². The second kappa shape index (κ2) is 17.3. The van der Waals surface area contributed by atoms with E-state index < -0.39 is 78.6 Å². The van der Waals surface area contributed by atoms with E-state index in [0.717, 1.165) is 43.6 Å². The Morgan fingerprint density at radius 2 is 1.32 bits per heavy atom. The summed E-state index contributed by atoms with van der Waals surface area (Å²) in [4.78, 5) is 105. The first-order valence-electron chi connectivity index (χ1n) is 18.1.